The maximum atomic E-state index is 5.36. The first-order valence-corrected chi connectivity index (χ1v) is 7.12. The number of unbranched alkanes of at least 4 members (excludes halogenated alkanes) is 2. The zero-order valence-electron chi connectivity index (χ0n) is 10.5. The number of hydrogen-bond donors (Lipinski definition) is 0. The number of halogens is 1. The van der Waals surface area contributed by atoms with Crippen LogP contribution in [-0.4, -0.2) is 35.5 Å². The van der Waals surface area contributed by atoms with Crippen LogP contribution in [0.4, 0.5) is 5.82 Å². The van der Waals surface area contributed by atoms with Crippen molar-refractivity contribution in [3.63, 3.8) is 0 Å². The first-order chi connectivity index (χ1) is 8.27. The summed E-state index contributed by atoms with van der Waals surface area (Å²) >= 11 is 3.44. The van der Waals surface area contributed by atoms with Crippen molar-refractivity contribution in [2.45, 2.75) is 26.2 Å². The summed E-state index contributed by atoms with van der Waals surface area (Å²) in [6.45, 7) is 3.59. The molecule has 5 heteroatoms. The average Bonchev–Trinajstić information content (AvgIpc) is 2.35. The minimum Gasteiger partial charge on any atom is -0.478 e. The summed E-state index contributed by atoms with van der Waals surface area (Å²) in [5, 5.41) is 1.08. The molecule has 0 fully saturated rings. The molecule has 1 aromatic heterocycles. The summed E-state index contributed by atoms with van der Waals surface area (Å²) in [4.78, 5) is 10.4. The number of hydrogen-bond acceptors (Lipinski definition) is 4. The topological polar surface area (TPSA) is 38.2 Å². The molecular formula is C12H20BrN3O. The Morgan fingerprint density at radius 2 is 2.12 bits per heavy atom. The van der Waals surface area contributed by atoms with E-state index in [1.54, 1.807) is 6.33 Å². The van der Waals surface area contributed by atoms with Gasteiger partial charge in [0.1, 0.15) is 12.1 Å². The van der Waals surface area contributed by atoms with Crippen molar-refractivity contribution < 1.29 is 4.74 Å². The highest BCUT2D eigenvalue weighted by atomic mass is 79.9. The van der Waals surface area contributed by atoms with Gasteiger partial charge in [-0.2, -0.15) is 0 Å². The minimum absolute atomic E-state index is 0.630. The van der Waals surface area contributed by atoms with E-state index in [2.05, 4.69) is 30.8 Å². The van der Waals surface area contributed by atoms with E-state index in [0.717, 1.165) is 17.7 Å². The molecule has 0 radical (unpaired) electrons. The lowest BCUT2D eigenvalue weighted by atomic mass is 10.2. The van der Waals surface area contributed by atoms with E-state index < -0.39 is 0 Å². The van der Waals surface area contributed by atoms with Gasteiger partial charge in [-0.25, -0.2) is 9.97 Å². The van der Waals surface area contributed by atoms with Crippen LogP contribution in [0.2, 0.25) is 0 Å². The van der Waals surface area contributed by atoms with Crippen molar-refractivity contribution in [1.82, 2.24) is 9.97 Å². The van der Waals surface area contributed by atoms with Crippen LogP contribution in [0, 0.1) is 0 Å². The van der Waals surface area contributed by atoms with Crippen LogP contribution in [-0.2, 0) is 0 Å². The molecule has 0 aliphatic rings. The molecule has 1 rings (SSSR count). The molecule has 4 nitrogen and oxygen atoms in total. The quantitative estimate of drug-likeness (QED) is 0.547. The van der Waals surface area contributed by atoms with E-state index >= 15 is 0 Å². The summed E-state index contributed by atoms with van der Waals surface area (Å²) in [5.74, 6) is 1.56. The van der Waals surface area contributed by atoms with Gasteiger partial charge >= 0.3 is 0 Å². The number of alkyl halides is 1. The van der Waals surface area contributed by atoms with Crippen molar-refractivity contribution >= 4 is 21.7 Å². The minimum atomic E-state index is 0.630. The Kier molecular flexibility index (Phi) is 6.93. The molecule has 1 heterocycles. The second kappa shape index (κ2) is 8.28. The number of nitrogens with zero attached hydrogens (tertiary/aromatic N) is 3. The standard InChI is InChI=1S/C12H20BrN3O/c1-3-17-12-9-11(14-10-15-12)16(2)8-6-4-5-7-13/h9-10H,3-8H2,1-2H3. The number of anilines is 1. The highest BCUT2D eigenvalue weighted by molar-refractivity contribution is 9.09. The van der Waals surface area contributed by atoms with E-state index in [1.807, 2.05) is 20.0 Å². The monoisotopic (exact) mass is 301 g/mol. The first kappa shape index (κ1) is 14.2. The van der Waals surface area contributed by atoms with Crippen LogP contribution < -0.4 is 9.64 Å². The predicted molar refractivity (Wildman–Crippen MR) is 74.1 cm³/mol. The highest BCUT2D eigenvalue weighted by Crippen LogP contribution is 2.15. The zero-order valence-corrected chi connectivity index (χ0v) is 12.1. The SMILES string of the molecule is CCOc1cc(N(C)CCCCCBr)ncn1. The van der Waals surface area contributed by atoms with E-state index in [-0.39, 0.29) is 0 Å². The normalized spacial score (nSPS) is 10.3. The van der Waals surface area contributed by atoms with Gasteiger partial charge < -0.3 is 9.64 Å². The van der Waals surface area contributed by atoms with E-state index in [0.29, 0.717) is 12.5 Å². The van der Waals surface area contributed by atoms with Gasteiger partial charge in [0.25, 0.3) is 0 Å². The molecule has 0 amide bonds. The summed E-state index contributed by atoms with van der Waals surface area (Å²) in [6.07, 6.45) is 5.19. The predicted octanol–water partition coefficient (Wildman–Crippen LogP) is 2.88. The zero-order chi connectivity index (χ0) is 12.5. The molecule has 0 aromatic carbocycles. The third-order valence-electron chi connectivity index (χ3n) is 2.44. The fourth-order valence-electron chi connectivity index (χ4n) is 1.50. The van der Waals surface area contributed by atoms with E-state index in [4.69, 9.17) is 4.74 Å². The second-order valence-electron chi connectivity index (χ2n) is 3.82. The van der Waals surface area contributed by atoms with Gasteiger partial charge in [-0.15, -0.1) is 0 Å². The molecule has 0 aliphatic carbocycles. The Balaban J connectivity index is 2.44. The molecule has 0 saturated heterocycles. The second-order valence-corrected chi connectivity index (χ2v) is 4.61. The van der Waals surface area contributed by atoms with E-state index in [9.17, 15) is 0 Å². The fourth-order valence-corrected chi connectivity index (χ4v) is 1.90. The van der Waals surface area contributed by atoms with Gasteiger partial charge in [0.15, 0.2) is 0 Å². The molecule has 17 heavy (non-hydrogen) atoms. The molecule has 0 unspecified atom stereocenters. The Morgan fingerprint density at radius 1 is 1.29 bits per heavy atom. The van der Waals surface area contributed by atoms with Gasteiger partial charge in [0.05, 0.1) is 6.61 Å². The molecule has 0 N–H and O–H groups in total. The molecular weight excluding hydrogens is 282 g/mol. The summed E-state index contributed by atoms with van der Waals surface area (Å²) in [7, 11) is 2.05. The summed E-state index contributed by atoms with van der Waals surface area (Å²) in [6, 6.07) is 1.88. The number of ether oxygens (including phenoxy) is 1. The Hall–Kier alpha value is -0.840. The van der Waals surface area contributed by atoms with Gasteiger partial charge in [-0.1, -0.05) is 22.4 Å². The van der Waals surface area contributed by atoms with Crippen molar-refractivity contribution in [3.05, 3.63) is 12.4 Å². The lowest BCUT2D eigenvalue weighted by Crippen LogP contribution is -2.19. The molecule has 0 atom stereocenters. The Labute approximate surface area is 112 Å². The van der Waals surface area contributed by atoms with Crippen molar-refractivity contribution in [2.75, 3.05) is 30.4 Å². The molecule has 96 valence electrons. The molecule has 0 spiro atoms. The van der Waals surface area contributed by atoms with Crippen LogP contribution in [0.5, 0.6) is 5.88 Å². The van der Waals surface area contributed by atoms with Crippen LogP contribution in [0.15, 0.2) is 12.4 Å². The summed E-state index contributed by atoms with van der Waals surface area (Å²) in [5.41, 5.74) is 0. The van der Waals surface area contributed by atoms with Crippen molar-refractivity contribution in [2.24, 2.45) is 0 Å². The third-order valence-corrected chi connectivity index (χ3v) is 3.00. The van der Waals surface area contributed by atoms with Crippen LogP contribution in [0.25, 0.3) is 0 Å². The molecule has 0 aliphatic heterocycles. The van der Waals surface area contributed by atoms with E-state index in [1.165, 1.54) is 19.3 Å². The number of rotatable bonds is 8. The third kappa shape index (κ3) is 5.35. The van der Waals surface area contributed by atoms with Gasteiger partial charge in [-0.05, 0) is 19.8 Å². The smallest absolute Gasteiger partial charge is 0.218 e. The Bertz CT molecular complexity index is 322. The maximum absolute atomic E-state index is 5.36. The molecule has 0 bridgehead atoms. The maximum Gasteiger partial charge on any atom is 0.218 e. The van der Waals surface area contributed by atoms with Crippen LogP contribution in [0.1, 0.15) is 26.2 Å². The first-order valence-electron chi connectivity index (χ1n) is 6.00. The average molecular weight is 302 g/mol. The lowest BCUT2D eigenvalue weighted by Gasteiger charge is -2.18. The van der Waals surface area contributed by atoms with Gasteiger partial charge in [-0.3, -0.25) is 0 Å². The Morgan fingerprint density at radius 3 is 2.82 bits per heavy atom. The lowest BCUT2D eigenvalue weighted by molar-refractivity contribution is 0.326. The molecule has 0 saturated carbocycles. The van der Waals surface area contributed by atoms with Gasteiger partial charge in [0, 0.05) is 25.0 Å². The summed E-state index contributed by atoms with van der Waals surface area (Å²) < 4.78 is 5.36. The number of aromatic nitrogens is 2. The van der Waals surface area contributed by atoms with Gasteiger partial charge in [0.2, 0.25) is 5.88 Å². The van der Waals surface area contributed by atoms with Crippen LogP contribution >= 0.6 is 15.9 Å². The van der Waals surface area contributed by atoms with Crippen molar-refractivity contribution in [3.8, 4) is 5.88 Å². The highest BCUT2D eigenvalue weighted by Gasteiger charge is 2.04. The fraction of sp³-hybridized carbons (Fsp3) is 0.667. The van der Waals surface area contributed by atoms with Crippen LogP contribution in [0.3, 0.4) is 0 Å². The van der Waals surface area contributed by atoms with Crippen molar-refractivity contribution in [1.29, 1.82) is 0 Å². The largest absolute Gasteiger partial charge is 0.478 e. The molecule has 1 aromatic rings.